The minimum Gasteiger partial charge on any atom is -0.465 e. The number of anilines is 1. The average molecular weight is 439 g/mol. The Morgan fingerprint density at radius 2 is 1.88 bits per heavy atom. The maximum atomic E-state index is 13.0. The molecule has 1 amide bonds. The summed E-state index contributed by atoms with van der Waals surface area (Å²) in [6.45, 7) is 6.78. The molecule has 1 unspecified atom stereocenters. The molecule has 1 aromatic rings. The predicted octanol–water partition coefficient (Wildman–Crippen LogP) is 2.44. The van der Waals surface area contributed by atoms with Gasteiger partial charge in [-0.1, -0.05) is 23.8 Å². The summed E-state index contributed by atoms with van der Waals surface area (Å²) in [6.07, 6.45) is 3.95. The van der Waals surface area contributed by atoms with Crippen LogP contribution in [0.3, 0.4) is 0 Å². The molecule has 0 aromatic heterocycles. The molecule has 5 atom stereocenters. The van der Waals surface area contributed by atoms with Gasteiger partial charge in [-0.05, 0) is 43.0 Å². The molecule has 2 saturated heterocycles. The maximum absolute atomic E-state index is 13.0. The van der Waals surface area contributed by atoms with Gasteiger partial charge in [0.15, 0.2) is 0 Å². The monoisotopic (exact) mass is 438 g/mol. The molecule has 1 saturated carbocycles. The lowest BCUT2D eigenvalue weighted by molar-refractivity contribution is -0.144. The Hall–Kier alpha value is -2.67. The number of amides is 1. The summed E-state index contributed by atoms with van der Waals surface area (Å²) in [5.74, 6) is -0.435. The van der Waals surface area contributed by atoms with Gasteiger partial charge in [0.2, 0.25) is 5.91 Å². The molecule has 5 rings (SSSR count). The molecular weight excluding hydrogens is 408 g/mol. The fourth-order valence-corrected chi connectivity index (χ4v) is 7.06. The van der Waals surface area contributed by atoms with Crippen LogP contribution in [0, 0.1) is 11.8 Å². The number of carbonyl (C=O) groups excluding carboxylic acids is 3. The molecule has 4 aliphatic rings. The molecular formula is C25H30N2O5. The van der Waals surface area contributed by atoms with Gasteiger partial charge < -0.3 is 14.4 Å². The highest BCUT2D eigenvalue weighted by Crippen LogP contribution is 2.63. The van der Waals surface area contributed by atoms with Crippen molar-refractivity contribution >= 4 is 23.5 Å². The van der Waals surface area contributed by atoms with Crippen molar-refractivity contribution < 1.29 is 23.9 Å². The van der Waals surface area contributed by atoms with Crippen LogP contribution in [0.4, 0.5) is 5.69 Å². The normalized spacial score (nSPS) is 33.6. The van der Waals surface area contributed by atoms with E-state index in [2.05, 4.69) is 23.1 Å². The summed E-state index contributed by atoms with van der Waals surface area (Å²) in [5.41, 5.74) is 3.32. The van der Waals surface area contributed by atoms with E-state index in [1.54, 1.807) is 6.92 Å². The maximum Gasteiger partial charge on any atom is 0.302 e. The Bertz CT molecular complexity index is 1000. The zero-order valence-corrected chi connectivity index (χ0v) is 18.9. The van der Waals surface area contributed by atoms with Crippen molar-refractivity contribution in [1.29, 1.82) is 0 Å². The first-order chi connectivity index (χ1) is 15.3. The number of hydrogen-bond acceptors (Lipinski definition) is 6. The number of hydrogen-bond donors (Lipinski definition) is 0. The van der Waals surface area contributed by atoms with E-state index in [-0.39, 0.29) is 54.4 Å². The smallest absolute Gasteiger partial charge is 0.302 e. The van der Waals surface area contributed by atoms with Crippen molar-refractivity contribution in [2.24, 2.45) is 11.8 Å². The number of rotatable bonds is 4. The van der Waals surface area contributed by atoms with E-state index in [0.29, 0.717) is 6.04 Å². The fraction of sp³-hybridized carbons (Fsp3) is 0.560. The SMILES string of the molecule is CC(=O)OC/C=C1/CN2CCC34c5ccccc5N(C(C)=O)[C@H]3[C@H](COC(C)=O)[C@H]1C[C@H]24. The Morgan fingerprint density at radius 3 is 2.59 bits per heavy atom. The number of carbonyl (C=O) groups is 3. The topological polar surface area (TPSA) is 76.2 Å². The van der Waals surface area contributed by atoms with Crippen LogP contribution in [0.2, 0.25) is 0 Å². The van der Waals surface area contributed by atoms with Crippen LogP contribution in [0.25, 0.3) is 0 Å². The van der Waals surface area contributed by atoms with E-state index >= 15 is 0 Å². The van der Waals surface area contributed by atoms with E-state index in [4.69, 9.17) is 9.47 Å². The zero-order valence-electron chi connectivity index (χ0n) is 18.9. The first-order valence-corrected chi connectivity index (χ1v) is 11.4. The van der Waals surface area contributed by atoms with Crippen molar-refractivity contribution in [1.82, 2.24) is 4.90 Å². The molecule has 7 heteroatoms. The lowest BCUT2D eigenvalue weighted by atomic mass is 9.55. The fourth-order valence-electron chi connectivity index (χ4n) is 7.06. The Balaban J connectivity index is 1.62. The highest BCUT2D eigenvalue weighted by Gasteiger charge is 2.68. The van der Waals surface area contributed by atoms with E-state index in [0.717, 1.165) is 31.6 Å². The number of benzene rings is 1. The minimum absolute atomic E-state index is 0.0183. The third-order valence-corrected chi connectivity index (χ3v) is 8.03. The van der Waals surface area contributed by atoms with Crippen LogP contribution in [0.1, 0.15) is 39.2 Å². The molecule has 170 valence electrons. The van der Waals surface area contributed by atoms with Crippen molar-refractivity contribution in [3.63, 3.8) is 0 Å². The standard InChI is InChI=1S/C25H30N2O5/c1-15(28)27-22-7-5-4-6-21(22)25-9-10-26-13-18(8-11-31-16(2)29)19(12-23(25)26)20(24(25)27)14-32-17(3)30/h4-8,19-20,23-24H,9-14H2,1-3H3/b18-8-/t19-,20+,23-,24-,25?/m0/s1. The van der Waals surface area contributed by atoms with Crippen LogP contribution in [0.5, 0.6) is 0 Å². The van der Waals surface area contributed by atoms with Crippen LogP contribution >= 0.6 is 0 Å². The second-order valence-electron chi connectivity index (χ2n) is 9.52. The Kier molecular flexibility index (Phi) is 5.12. The highest BCUT2D eigenvalue weighted by molar-refractivity contribution is 5.96. The van der Waals surface area contributed by atoms with Gasteiger partial charge in [0, 0.05) is 50.4 Å². The lowest BCUT2D eigenvalue weighted by Gasteiger charge is -2.56. The highest BCUT2D eigenvalue weighted by atomic mass is 16.5. The third kappa shape index (κ3) is 3.01. The number of nitrogens with zero attached hydrogens (tertiary/aromatic N) is 2. The first-order valence-electron chi connectivity index (χ1n) is 11.4. The van der Waals surface area contributed by atoms with Gasteiger partial charge in [0.25, 0.3) is 0 Å². The molecule has 7 nitrogen and oxygen atoms in total. The summed E-state index contributed by atoms with van der Waals surface area (Å²) in [7, 11) is 0. The number of fused-ring (bicyclic) bond motifs is 2. The Morgan fingerprint density at radius 1 is 1.12 bits per heavy atom. The third-order valence-electron chi connectivity index (χ3n) is 8.03. The van der Waals surface area contributed by atoms with E-state index in [1.165, 1.54) is 25.0 Å². The van der Waals surface area contributed by atoms with Gasteiger partial charge in [0.05, 0.1) is 12.6 Å². The second-order valence-corrected chi connectivity index (χ2v) is 9.52. The van der Waals surface area contributed by atoms with E-state index < -0.39 is 0 Å². The molecule has 3 aliphatic heterocycles. The van der Waals surface area contributed by atoms with Gasteiger partial charge in [-0.3, -0.25) is 19.3 Å². The number of para-hydroxylation sites is 1. The summed E-state index contributed by atoms with van der Waals surface area (Å²) >= 11 is 0. The van der Waals surface area contributed by atoms with Crippen LogP contribution in [-0.4, -0.2) is 61.1 Å². The van der Waals surface area contributed by atoms with Crippen LogP contribution in [0.15, 0.2) is 35.9 Å². The van der Waals surface area contributed by atoms with Crippen LogP contribution < -0.4 is 4.90 Å². The quantitative estimate of drug-likeness (QED) is 0.531. The summed E-state index contributed by atoms with van der Waals surface area (Å²) in [6, 6.07) is 8.57. The van der Waals surface area contributed by atoms with Crippen molar-refractivity contribution in [3.05, 3.63) is 41.5 Å². The predicted molar refractivity (Wildman–Crippen MR) is 118 cm³/mol. The van der Waals surface area contributed by atoms with Gasteiger partial charge in [-0.25, -0.2) is 0 Å². The molecule has 0 radical (unpaired) electrons. The lowest BCUT2D eigenvalue weighted by Crippen LogP contribution is -2.65. The molecule has 3 heterocycles. The molecule has 1 aromatic carbocycles. The zero-order chi connectivity index (χ0) is 22.6. The minimum atomic E-state index is -0.305. The summed E-state index contributed by atoms with van der Waals surface area (Å²) in [5, 5.41) is 0. The van der Waals surface area contributed by atoms with Crippen molar-refractivity contribution in [2.75, 3.05) is 31.2 Å². The average Bonchev–Trinajstić information content (AvgIpc) is 3.27. The van der Waals surface area contributed by atoms with Crippen LogP contribution in [-0.2, 0) is 29.3 Å². The number of ether oxygens (including phenoxy) is 2. The summed E-state index contributed by atoms with van der Waals surface area (Å²) < 4.78 is 10.8. The van der Waals surface area contributed by atoms with Gasteiger partial charge in [-0.2, -0.15) is 0 Å². The molecule has 3 fully saturated rings. The summed E-state index contributed by atoms with van der Waals surface area (Å²) in [4.78, 5) is 40.6. The van der Waals surface area contributed by atoms with Crippen molar-refractivity contribution in [3.8, 4) is 0 Å². The number of esters is 2. The molecule has 1 aliphatic carbocycles. The van der Waals surface area contributed by atoms with Gasteiger partial charge in [-0.15, -0.1) is 0 Å². The van der Waals surface area contributed by atoms with E-state index in [1.807, 2.05) is 17.0 Å². The molecule has 32 heavy (non-hydrogen) atoms. The number of piperidine rings is 1. The molecule has 1 spiro atoms. The van der Waals surface area contributed by atoms with Gasteiger partial charge >= 0.3 is 11.9 Å². The van der Waals surface area contributed by atoms with Crippen molar-refractivity contribution in [2.45, 2.75) is 51.1 Å². The molecule has 0 N–H and O–H groups in total. The second kappa shape index (κ2) is 7.73. The van der Waals surface area contributed by atoms with E-state index in [9.17, 15) is 14.4 Å². The largest absolute Gasteiger partial charge is 0.465 e. The Labute approximate surface area is 188 Å². The molecule has 2 bridgehead atoms. The first kappa shape index (κ1) is 21.2. The van der Waals surface area contributed by atoms with Gasteiger partial charge in [0.1, 0.15) is 6.61 Å².